The van der Waals surface area contributed by atoms with Crippen LogP contribution in [0.4, 0.5) is 0 Å². The number of aromatic hydroxyl groups is 2. The van der Waals surface area contributed by atoms with Crippen LogP contribution in [0.1, 0.15) is 21.5 Å². The summed E-state index contributed by atoms with van der Waals surface area (Å²) < 4.78 is 4.70. The number of carbonyl (C=O) groups is 1. The number of phenols is 2. The van der Waals surface area contributed by atoms with E-state index in [1.165, 1.54) is 19.2 Å². The van der Waals surface area contributed by atoms with Gasteiger partial charge in [-0.25, -0.2) is 4.79 Å². The topological polar surface area (TPSA) is 66.8 Å². The lowest BCUT2D eigenvalue weighted by Crippen LogP contribution is -2.01. The fourth-order valence-electron chi connectivity index (χ4n) is 2.31. The van der Waals surface area contributed by atoms with Gasteiger partial charge in [0.2, 0.25) is 0 Å². The van der Waals surface area contributed by atoms with Crippen LogP contribution in [-0.2, 0) is 10.1 Å². The van der Waals surface area contributed by atoms with E-state index in [0.29, 0.717) is 16.5 Å². The van der Waals surface area contributed by atoms with Crippen LogP contribution in [0.2, 0.25) is 0 Å². The van der Waals surface area contributed by atoms with Gasteiger partial charge in [-0.2, -0.15) is 0 Å². The van der Waals surface area contributed by atoms with Gasteiger partial charge in [0.05, 0.1) is 12.7 Å². The number of benzene rings is 2. The van der Waals surface area contributed by atoms with Gasteiger partial charge in [0, 0.05) is 10.9 Å². The first-order valence-electron chi connectivity index (χ1n) is 6.28. The second kappa shape index (κ2) is 6.18. The number of phenolic OH excluding ortho intramolecular Hbond substituents is 2. The highest BCUT2D eigenvalue weighted by Gasteiger charge is 2.16. The van der Waals surface area contributed by atoms with E-state index >= 15 is 0 Å². The van der Waals surface area contributed by atoms with Crippen LogP contribution in [0.5, 0.6) is 11.5 Å². The SMILES string of the molecule is COC(=O)c1ccc(O)c(-c2c(C)cc(O)cc2CBr)c1. The molecule has 5 heteroatoms. The van der Waals surface area contributed by atoms with Crippen LogP contribution in [0.15, 0.2) is 30.3 Å². The smallest absolute Gasteiger partial charge is 0.337 e. The van der Waals surface area contributed by atoms with E-state index in [-0.39, 0.29) is 11.5 Å². The molecule has 2 aromatic rings. The van der Waals surface area contributed by atoms with Crippen molar-refractivity contribution in [3.05, 3.63) is 47.0 Å². The molecule has 4 nitrogen and oxygen atoms in total. The van der Waals surface area contributed by atoms with E-state index in [9.17, 15) is 15.0 Å². The minimum Gasteiger partial charge on any atom is -0.508 e. The van der Waals surface area contributed by atoms with Gasteiger partial charge in [0.25, 0.3) is 0 Å². The molecule has 2 aromatic carbocycles. The first-order valence-corrected chi connectivity index (χ1v) is 7.40. The Morgan fingerprint density at radius 3 is 2.57 bits per heavy atom. The minimum absolute atomic E-state index is 0.0682. The molecule has 0 aliphatic heterocycles. The summed E-state index contributed by atoms with van der Waals surface area (Å²) >= 11 is 3.38. The number of esters is 1. The number of alkyl halides is 1. The highest BCUT2D eigenvalue weighted by Crippen LogP contribution is 2.37. The zero-order chi connectivity index (χ0) is 15.6. The van der Waals surface area contributed by atoms with Gasteiger partial charge in [0.1, 0.15) is 11.5 Å². The molecular weight excluding hydrogens is 336 g/mol. The third-order valence-corrected chi connectivity index (χ3v) is 3.84. The van der Waals surface area contributed by atoms with Crippen molar-refractivity contribution in [3.63, 3.8) is 0 Å². The Morgan fingerprint density at radius 2 is 1.95 bits per heavy atom. The molecule has 0 aliphatic rings. The first-order chi connectivity index (χ1) is 9.97. The van der Waals surface area contributed by atoms with Crippen LogP contribution in [0, 0.1) is 6.92 Å². The Hall–Kier alpha value is -2.01. The van der Waals surface area contributed by atoms with Crippen molar-refractivity contribution in [2.75, 3.05) is 7.11 Å². The molecule has 0 spiro atoms. The van der Waals surface area contributed by atoms with Crippen molar-refractivity contribution in [3.8, 4) is 22.6 Å². The first kappa shape index (κ1) is 15.4. The molecule has 0 saturated carbocycles. The number of hydrogen-bond donors (Lipinski definition) is 2. The van der Waals surface area contributed by atoms with Gasteiger partial charge in [-0.15, -0.1) is 0 Å². The predicted octanol–water partition coefficient (Wildman–Crippen LogP) is 3.75. The lowest BCUT2D eigenvalue weighted by Gasteiger charge is -2.14. The fraction of sp³-hybridized carbons (Fsp3) is 0.188. The largest absolute Gasteiger partial charge is 0.508 e. The van der Waals surface area contributed by atoms with E-state index in [0.717, 1.165) is 16.7 Å². The van der Waals surface area contributed by atoms with Gasteiger partial charge < -0.3 is 14.9 Å². The Labute approximate surface area is 131 Å². The fourth-order valence-corrected chi connectivity index (χ4v) is 2.75. The summed E-state index contributed by atoms with van der Waals surface area (Å²) in [5.41, 5.74) is 3.31. The highest BCUT2D eigenvalue weighted by molar-refractivity contribution is 9.08. The van der Waals surface area contributed by atoms with Crippen LogP contribution in [-0.4, -0.2) is 23.3 Å². The molecule has 0 aromatic heterocycles. The summed E-state index contributed by atoms with van der Waals surface area (Å²) in [6, 6.07) is 7.81. The van der Waals surface area contributed by atoms with Crippen molar-refractivity contribution in [2.24, 2.45) is 0 Å². The van der Waals surface area contributed by atoms with Crippen LogP contribution < -0.4 is 0 Å². The van der Waals surface area contributed by atoms with Gasteiger partial charge >= 0.3 is 5.97 Å². The molecule has 21 heavy (non-hydrogen) atoms. The maximum Gasteiger partial charge on any atom is 0.337 e. The number of halogens is 1. The maximum absolute atomic E-state index is 11.6. The van der Waals surface area contributed by atoms with Crippen molar-refractivity contribution >= 4 is 21.9 Å². The lowest BCUT2D eigenvalue weighted by atomic mass is 9.93. The van der Waals surface area contributed by atoms with E-state index in [1.807, 2.05) is 6.92 Å². The van der Waals surface area contributed by atoms with E-state index in [1.54, 1.807) is 18.2 Å². The van der Waals surface area contributed by atoms with Crippen molar-refractivity contribution in [2.45, 2.75) is 12.3 Å². The third-order valence-electron chi connectivity index (χ3n) is 3.23. The van der Waals surface area contributed by atoms with E-state index in [2.05, 4.69) is 15.9 Å². The molecule has 0 fully saturated rings. The summed E-state index contributed by atoms with van der Waals surface area (Å²) in [5, 5.41) is 20.3. The summed E-state index contributed by atoms with van der Waals surface area (Å²) in [6.45, 7) is 1.84. The number of carbonyl (C=O) groups excluding carboxylic acids is 1. The standard InChI is InChI=1S/C16H15BrO4/c1-9-5-12(18)6-11(8-17)15(9)13-7-10(16(20)21-2)3-4-14(13)19/h3-7,18-19H,8H2,1-2H3. The number of hydrogen-bond acceptors (Lipinski definition) is 4. The Kier molecular flexibility index (Phi) is 4.53. The molecule has 0 aliphatic carbocycles. The van der Waals surface area contributed by atoms with Gasteiger partial charge in [-0.3, -0.25) is 0 Å². The van der Waals surface area contributed by atoms with E-state index in [4.69, 9.17) is 4.74 Å². The molecule has 2 rings (SSSR count). The Bertz CT molecular complexity index is 695. The van der Waals surface area contributed by atoms with Crippen LogP contribution in [0.25, 0.3) is 11.1 Å². The Balaban J connectivity index is 2.69. The van der Waals surface area contributed by atoms with Crippen LogP contribution in [0.3, 0.4) is 0 Å². The minimum atomic E-state index is -0.465. The van der Waals surface area contributed by atoms with E-state index < -0.39 is 5.97 Å². The molecule has 0 atom stereocenters. The average Bonchev–Trinajstić information content (AvgIpc) is 2.46. The summed E-state index contributed by atoms with van der Waals surface area (Å²) in [6.07, 6.45) is 0. The van der Waals surface area contributed by atoms with Crippen molar-refractivity contribution in [1.82, 2.24) is 0 Å². The van der Waals surface area contributed by atoms with Gasteiger partial charge in [-0.05, 0) is 53.9 Å². The average molecular weight is 351 g/mol. The second-order valence-corrected chi connectivity index (χ2v) is 5.21. The molecule has 0 amide bonds. The lowest BCUT2D eigenvalue weighted by molar-refractivity contribution is 0.0601. The molecule has 0 heterocycles. The van der Waals surface area contributed by atoms with Crippen molar-refractivity contribution < 1.29 is 19.7 Å². The summed E-state index contributed by atoms with van der Waals surface area (Å²) in [4.78, 5) is 11.6. The van der Waals surface area contributed by atoms with Crippen molar-refractivity contribution in [1.29, 1.82) is 0 Å². The maximum atomic E-state index is 11.6. The zero-order valence-corrected chi connectivity index (χ0v) is 13.3. The monoisotopic (exact) mass is 350 g/mol. The highest BCUT2D eigenvalue weighted by atomic mass is 79.9. The van der Waals surface area contributed by atoms with Crippen LogP contribution >= 0.6 is 15.9 Å². The molecule has 0 unspecified atom stereocenters. The third kappa shape index (κ3) is 3.03. The number of aryl methyl sites for hydroxylation is 1. The number of methoxy groups -OCH3 is 1. The molecule has 0 saturated heterocycles. The molecule has 2 N–H and O–H groups in total. The number of rotatable bonds is 3. The molecule has 110 valence electrons. The molecular formula is C16H15BrO4. The second-order valence-electron chi connectivity index (χ2n) is 4.65. The zero-order valence-electron chi connectivity index (χ0n) is 11.7. The molecule has 0 radical (unpaired) electrons. The summed E-state index contributed by atoms with van der Waals surface area (Å²) in [7, 11) is 1.31. The normalized spacial score (nSPS) is 10.4. The van der Waals surface area contributed by atoms with Gasteiger partial charge in [-0.1, -0.05) is 15.9 Å². The predicted molar refractivity (Wildman–Crippen MR) is 83.9 cm³/mol. The quantitative estimate of drug-likeness (QED) is 0.653. The molecule has 0 bridgehead atoms. The summed E-state index contributed by atoms with van der Waals surface area (Å²) in [5.74, 6) is -0.235. The number of ether oxygens (including phenoxy) is 1. The Morgan fingerprint density at radius 1 is 1.24 bits per heavy atom. The van der Waals surface area contributed by atoms with Gasteiger partial charge in [0.15, 0.2) is 0 Å².